The number of nitrogens with zero attached hydrogens (tertiary/aromatic N) is 2. The fourth-order valence-corrected chi connectivity index (χ4v) is 3.18. The van der Waals surface area contributed by atoms with E-state index in [4.69, 9.17) is 0 Å². The second-order valence-electron chi connectivity index (χ2n) is 7.07. The van der Waals surface area contributed by atoms with Crippen LogP contribution in [0.15, 0.2) is 69.3 Å². The van der Waals surface area contributed by atoms with Gasteiger partial charge in [0.25, 0.3) is 5.56 Å². The van der Waals surface area contributed by atoms with E-state index in [0.29, 0.717) is 5.69 Å². The third-order valence-electron chi connectivity index (χ3n) is 4.85. The SMILES string of the molecule is CCN(Cc1ccccc1)c1ccc(/C=N\NC(=O)Cc2c(C)[nH]c(=O)[nH]c2=O)cc1. The van der Waals surface area contributed by atoms with Gasteiger partial charge >= 0.3 is 5.69 Å². The zero-order valence-corrected chi connectivity index (χ0v) is 17.5. The molecule has 0 aliphatic heterocycles. The number of rotatable bonds is 8. The quantitative estimate of drug-likeness (QED) is 0.384. The van der Waals surface area contributed by atoms with Crippen molar-refractivity contribution in [1.82, 2.24) is 15.4 Å². The highest BCUT2D eigenvalue weighted by atomic mass is 16.2. The lowest BCUT2D eigenvalue weighted by Gasteiger charge is -2.23. The lowest BCUT2D eigenvalue weighted by molar-refractivity contribution is -0.120. The van der Waals surface area contributed by atoms with Crippen LogP contribution in [0.3, 0.4) is 0 Å². The fourth-order valence-electron chi connectivity index (χ4n) is 3.18. The third kappa shape index (κ3) is 6.02. The first-order valence-electron chi connectivity index (χ1n) is 9.99. The van der Waals surface area contributed by atoms with Crippen molar-refractivity contribution in [2.45, 2.75) is 26.8 Å². The summed E-state index contributed by atoms with van der Waals surface area (Å²) in [5.41, 5.74) is 4.97. The van der Waals surface area contributed by atoms with Crippen LogP contribution >= 0.6 is 0 Å². The maximum Gasteiger partial charge on any atom is 0.325 e. The zero-order valence-electron chi connectivity index (χ0n) is 17.5. The van der Waals surface area contributed by atoms with E-state index in [1.807, 2.05) is 42.5 Å². The summed E-state index contributed by atoms with van der Waals surface area (Å²) in [6.07, 6.45) is 1.36. The molecule has 3 aromatic rings. The van der Waals surface area contributed by atoms with Gasteiger partial charge in [-0.25, -0.2) is 10.2 Å². The molecule has 0 atom stereocenters. The molecule has 0 saturated carbocycles. The van der Waals surface area contributed by atoms with Crippen LogP contribution in [0.25, 0.3) is 0 Å². The van der Waals surface area contributed by atoms with Crippen molar-refractivity contribution in [3.8, 4) is 0 Å². The van der Waals surface area contributed by atoms with Crippen molar-refractivity contribution >= 4 is 17.8 Å². The summed E-state index contributed by atoms with van der Waals surface area (Å²) >= 11 is 0. The smallest absolute Gasteiger partial charge is 0.325 e. The molecule has 3 N–H and O–H groups in total. The maximum atomic E-state index is 12.1. The van der Waals surface area contributed by atoms with Gasteiger partial charge in [-0.1, -0.05) is 42.5 Å². The molecule has 0 unspecified atom stereocenters. The van der Waals surface area contributed by atoms with E-state index in [1.165, 1.54) is 5.56 Å². The van der Waals surface area contributed by atoms with E-state index in [2.05, 4.69) is 44.5 Å². The average Bonchev–Trinajstić information content (AvgIpc) is 2.76. The van der Waals surface area contributed by atoms with E-state index in [-0.39, 0.29) is 12.0 Å². The first-order chi connectivity index (χ1) is 15.0. The van der Waals surface area contributed by atoms with Gasteiger partial charge in [0, 0.05) is 30.0 Å². The molecule has 0 fully saturated rings. The lowest BCUT2D eigenvalue weighted by atomic mass is 10.1. The van der Waals surface area contributed by atoms with E-state index >= 15 is 0 Å². The Morgan fingerprint density at radius 2 is 1.77 bits per heavy atom. The van der Waals surface area contributed by atoms with Crippen molar-refractivity contribution in [2.75, 3.05) is 11.4 Å². The van der Waals surface area contributed by atoms with Crippen LogP contribution in [-0.2, 0) is 17.8 Å². The predicted octanol–water partition coefficient (Wildman–Crippen LogP) is 2.09. The summed E-state index contributed by atoms with van der Waals surface area (Å²) < 4.78 is 0. The van der Waals surface area contributed by atoms with E-state index < -0.39 is 17.2 Å². The highest BCUT2D eigenvalue weighted by molar-refractivity contribution is 5.83. The molecule has 0 aliphatic carbocycles. The Bertz CT molecular complexity index is 1160. The van der Waals surface area contributed by atoms with Gasteiger partial charge in [-0.2, -0.15) is 5.10 Å². The number of hydrogen-bond acceptors (Lipinski definition) is 5. The van der Waals surface area contributed by atoms with Crippen LogP contribution in [0.2, 0.25) is 0 Å². The van der Waals surface area contributed by atoms with Crippen molar-refractivity contribution in [3.63, 3.8) is 0 Å². The highest BCUT2D eigenvalue weighted by Crippen LogP contribution is 2.17. The molecular weight excluding hydrogens is 394 g/mol. The van der Waals surface area contributed by atoms with Gasteiger partial charge in [0.05, 0.1) is 12.6 Å². The number of nitrogens with one attached hydrogen (secondary N) is 3. The second-order valence-corrected chi connectivity index (χ2v) is 7.07. The first kappa shape index (κ1) is 21.8. The van der Waals surface area contributed by atoms with Crippen molar-refractivity contribution < 1.29 is 4.79 Å². The number of aryl methyl sites for hydroxylation is 1. The Hall–Kier alpha value is -3.94. The van der Waals surface area contributed by atoms with Gasteiger partial charge in [0.1, 0.15) is 0 Å². The average molecular weight is 419 g/mol. The molecule has 0 bridgehead atoms. The summed E-state index contributed by atoms with van der Waals surface area (Å²) in [6, 6.07) is 18.2. The Labute approximate surface area is 179 Å². The van der Waals surface area contributed by atoms with Crippen molar-refractivity contribution in [2.24, 2.45) is 5.10 Å². The molecule has 1 aromatic heterocycles. The number of aromatic amines is 2. The van der Waals surface area contributed by atoms with Crippen LogP contribution in [0.5, 0.6) is 0 Å². The Morgan fingerprint density at radius 3 is 2.42 bits per heavy atom. The van der Waals surface area contributed by atoms with E-state index in [0.717, 1.165) is 24.3 Å². The third-order valence-corrected chi connectivity index (χ3v) is 4.85. The lowest BCUT2D eigenvalue weighted by Crippen LogP contribution is -2.30. The van der Waals surface area contributed by atoms with Gasteiger partial charge < -0.3 is 9.88 Å². The molecule has 0 radical (unpaired) electrons. The monoisotopic (exact) mass is 419 g/mol. The van der Waals surface area contributed by atoms with Gasteiger partial charge in [0.2, 0.25) is 5.91 Å². The Morgan fingerprint density at radius 1 is 1.06 bits per heavy atom. The highest BCUT2D eigenvalue weighted by Gasteiger charge is 2.10. The molecule has 0 aliphatic rings. The number of H-pyrrole nitrogens is 2. The molecule has 0 spiro atoms. The minimum Gasteiger partial charge on any atom is -0.367 e. The molecular formula is C23H25N5O3. The molecule has 31 heavy (non-hydrogen) atoms. The van der Waals surface area contributed by atoms with Crippen molar-refractivity contribution in [1.29, 1.82) is 0 Å². The number of amides is 1. The zero-order chi connectivity index (χ0) is 22.2. The van der Waals surface area contributed by atoms with Crippen LogP contribution in [0.4, 0.5) is 5.69 Å². The largest absolute Gasteiger partial charge is 0.367 e. The van der Waals surface area contributed by atoms with Crippen molar-refractivity contribution in [3.05, 3.63) is 97.8 Å². The number of hydrogen-bond donors (Lipinski definition) is 3. The molecule has 160 valence electrons. The number of benzene rings is 2. The molecule has 8 nitrogen and oxygen atoms in total. The number of aromatic nitrogens is 2. The second kappa shape index (κ2) is 10.2. The Kier molecular flexibility index (Phi) is 7.16. The minimum atomic E-state index is -0.599. The summed E-state index contributed by atoms with van der Waals surface area (Å²) in [5, 5.41) is 3.95. The van der Waals surface area contributed by atoms with Gasteiger partial charge in [0.15, 0.2) is 0 Å². The number of hydrazone groups is 1. The molecule has 2 aromatic carbocycles. The molecule has 0 saturated heterocycles. The topological polar surface area (TPSA) is 110 Å². The predicted molar refractivity (Wildman–Crippen MR) is 121 cm³/mol. The number of carbonyl (C=O) groups is 1. The first-order valence-corrected chi connectivity index (χ1v) is 9.99. The van der Waals surface area contributed by atoms with Crippen LogP contribution in [0.1, 0.15) is 29.3 Å². The molecule has 1 heterocycles. The van der Waals surface area contributed by atoms with E-state index in [9.17, 15) is 14.4 Å². The summed E-state index contributed by atoms with van der Waals surface area (Å²) in [5.74, 6) is -0.450. The summed E-state index contributed by atoms with van der Waals surface area (Å²) in [4.78, 5) is 42.0. The van der Waals surface area contributed by atoms with Crippen LogP contribution < -0.4 is 21.6 Å². The summed E-state index contributed by atoms with van der Waals surface area (Å²) in [7, 11) is 0. The molecule has 8 heteroatoms. The van der Waals surface area contributed by atoms with Crippen LogP contribution in [-0.4, -0.2) is 28.6 Å². The number of anilines is 1. The molecule has 1 amide bonds. The normalized spacial score (nSPS) is 10.9. The van der Waals surface area contributed by atoms with Gasteiger partial charge in [-0.15, -0.1) is 0 Å². The van der Waals surface area contributed by atoms with Gasteiger partial charge in [-0.05, 0) is 37.1 Å². The summed E-state index contributed by atoms with van der Waals surface area (Å²) in [6.45, 7) is 5.39. The van der Waals surface area contributed by atoms with E-state index in [1.54, 1.807) is 13.1 Å². The molecule has 3 rings (SSSR count). The fraction of sp³-hybridized carbons (Fsp3) is 0.217. The maximum absolute atomic E-state index is 12.1. The number of carbonyl (C=O) groups excluding carboxylic acids is 1. The minimum absolute atomic E-state index is 0.181. The van der Waals surface area contributed by atoms with Crippen LogP contribution in [0, 0.1) is 6.92 Å². The Balaban J connectivity index is 1.58. The standard InChI is InChI=1S/C23H25N5O3/c1-3-28(15-18-7-5-4-6-8-18)19-11-9-17(10-12-19)14-24-27-21(29)13-20-16(2)25-23(31)26-22(20)30/h4-12,14H,3,13,15H2,1-2H3,(H,27,29)(H2,25,26,30,31)/b24-14-. The van der Waals surface area contributed by atoms with Gasteiger partial charge in [-0.3, -0.25) is 14.6 Å².